The summed E-state index contributed by atoms with van der Waals surface area (Å²) < 4.78 is 0.982. The van der Waals surface area contributed by atoms with Crippen LogP contribution < -0.4 is 10.2 Å². The fourth-order valence-electron chi connectivity index (χ4n) is 4.54. The van der Waals surface area contributed by atoms with E-state index < -0.39 is 0 Å². The second-order valence-electron chi connectivity index (χ2n) is 9.37. The lowest BCUT2D eigenvalue weighted by Crippen LogP contribution is -2.50. The highest BCUT2D eigenvalue weighted by Crippen LogP contribution is 2.28. The highest BCUT2D eigenvalue weighted by atomic mass is 79.9. The summed E-state index contributed by atoms with van der Waals surface area (Å²) in [6.07, 6.45) is 0.764. The lowest BCUT2D eigenvalue weighted by atomic mass is 10.0. The summed E-state index contributed by atoms with van der Waals surface area (Å²) in [7, 11) is 0. The molecule has 0 unspecified atom stereocenters. The van der Waals surface area contributed by atoms with Crippen molar-refractivity contribution < 1.29 is 4.79 Å². The predicted molar refractivity (Wildman–Crippen MR) is 153 cm³/mol. The standard InChI is InChI=1S/C30H30BrN5O/c1-21-8-10-24(11-9-21)28-32-22(2)27(20-23-6-4-3-5-7-23)29(34-28)35-16-18-36(19-17-35)30(37)33-26-14-12-25(31)13-15-26/h3-15H,16-20H2,1-2H3,(H,33,37). The van der Waals surface area contributed by atoms with Gasteiger partial charge in [0.05, 0.1) is 0 Å². The normalized spacial score (nSPS) is 13.5. The van der Waals surface area contributed by atoms with Gasteiger partial charge in [0, 0.05) is 59.6 Å². The summed E-state index contributed by atoms with van der Waals surface area (Å²) >= 11 is 3.43. The van der Waals surface area contributed by atoms with Gasteiger partial charge < -0.3 is 15.1 Å². The number of aryl methyl sites for hydroxylation is 2. The van der Waals surface area contributed by atoms with Gasteiger partial charge in [-0.05, 0) is 43.7 Å². The summed E-state index contributed by atoms with van der Waals surface area (Å²) in [4.78, 5) is 27.0. The Kier molecular flexibility index (Phi) is 7.51. The van der Waals surface area contributed by atoms with Gasteiger partial charge in [-0.15, -0.1) is 0 Å². The maximum absolute atomic E-state index is 12.9. The number of rotatable bonds is 5. The van der Waals surface area contributed by atoms with Gasteiger partial charge in [0.25, 0.3) is 0 Å². The monoisotopic (exact) mass is 555 g/mol. The molecular weight excluding hydrogens is 526 g/mol. The topological polar surface area (TPSA) is 61.4 Å². The summed E-state index contributed by atoms with van der Waals surface area (Å²) in [6, 6.07) is 26.3. The van der Waals surface area contributed by atoms with Crippen LogP contribution in [0.5, 0.6) is 0 Å². The molecule has 6 nitrogen and oxygen atoms in total. The molecule has 1 aliphatic rings. The summed E-state index contributed by atoms with van der Waals surface area (Å²) in [6.45, 7) is 6.81. The fourth-order valence-corrected chi connectivity index (χ4v) is 4.80. The van der Waals surface area contributed by atoms with Crippen LogP contribution in [0.25, 0.3) is 11.4 Å². The minimum atomic E-state index is -0.0781. The number of nitrogens with one attached hydrogen (secondary N) is 1. The Labute approximate surface area is 226 Å². The van der Waals surface area contributed by atoms with Gasteiger partial charge in [0.15, 0.2) is 5.82 Å². The molecule has 1 N–H and O–H groups in total. The lowest BCUT2D eigenvalue weighted by molar-refractivity contribution is 0.208. The van der Waals surface area contributed by atoms with Crippen LogP contribution in [0.1, 0.15) is 22.4 Å². The van der Waals surface area contributed by atoms with Crippen LogP contribution in [-0.4, -0.2) is 47.1 Å². The van der Waals surface area contributed by atoms with Crippen LogP contribution in [0.4, 0.5) is 16.3 Å². The van der Waals surface area contributed by atoms with Gasteiger partial charge in [0.1, 0.15) is 5.82 Å². The third-order valence-electron chi connectivity index (χ3n) is 6.69. The molecular formula is C30H30BrN5O. The second-order valence-corrected chi connectivity index (χ2v) is 10.3. The van der Waals surface area contributed by atoms with Crippen molar-refractivity contribution >= 4 is 33.5 Å². The molecule has 4 aromatic rings. The SMILES string of the molecule is Cc1ccc(-c2nc(C)c(Cc3ccccc3)c(N3CCN(C(=O)Nc4ccc(Br)cc4)CC3)n2)cc1. The number of nitrogens with zero attached hydrogens (tertiary/aromatic N) is 4. The first kappa shape index (κ1) is 25.0. The fraction of sp³-hybridized carbons (Fsp3) is 0.233. The maximum atomic E-state index is 12.9. The Bertz CT molecular complexity index is 1370. The van der Waals surface area contributed by atoms with E-state index >= 15 is 0 Å². The van der Waals surface area contributed by atoms with E-state index in [0.29, 0.717) is 26.2 Å². The number of halogens is 1. The summed E-state index contributed by atoms with van der Waals surface area (Å²) in [5, 5.41) is 3.00. The van der Waals surface area contributed by atoms with Gasteiger partial charge in [-0.25, -0.2) is 14.8 Å². The van der Waals surface area contributed by atoms with Crippen LogP contribution in [0, 0.1) is 13.8 Å². The Morgan fingerprint density at radius 1 is 0.865 bits per heavy atom. The number of carbonyl (C=O) groups is 1. The molecule has 0 saturated carbocycles. The van der Waals surface area contributed by atoms with Crippen LogP contribution in [-0.2, 0) is 6.42 Å². The number of hydrogen-bond donors (Lipinski definition) is 1. The molecule has 37 heavy (non-hydrogen) atoms. The van der Waals surface area contributed by atoms with E-state index in [0.717, 1.165) is 45.0 Å². The van der Waals surface area contributed by atoms with E-state index in [1.54, 1.807) is 0 Å². The molecule has 0 bridgehead atoms. The van der Waals surface area contributed by atoms with Crippen LogP contribution >= 0.6 is 15.9 Å². The first-order valence-corrected chi connectivity index (χ1v) is 13.3. The van der Waals surface area contributed by atoms with Gasteiger partial charge in [-0.3, -0.25) is 0 Å². The molecule has 0 radical (unpaired) electrons. The lowest BCUT2D eigenvalue weighted by Gasteiger charge is -2.36. The summed E-state index contributed by atoms with van der Waals surface area (Å²) in [5.41, 5.74) is 6.35. The number of carbonyl (C=O) groups excluding carboxylic acids is 1. The molecule has 5 rings (SSSR count). The molecule has 7 heteroatoms. The smallest absolute Gasteiger partial charge is 0.321 e. The van der Waals surface area contributed by atoms with Crippen molar-refractivity contribution in [3.8, 4) is 11.4 Å². The molecule has 1 aliphatic heterocycles. The number of amides is 2. The van der Waals surface area contributed by atoms with Crippen molar-refractivity contribution in [1.29, 1.82) is 0 Å². The third kappa shape index (κ3) is 6.00. The Morgan fingerprint density at radius 2 is 1.54 bits per heavy atom. The van der Waals surface area contributed by atoms with Crippen molar-refractivity contribution in [2.24, 2.45) is 0 Å². The summed E-state index contributed by atoms with van der Waals surface area (Å²) in [5.74, 6) is 1.69. The molecule has 1 aromatic heterocycles. The highest BCUT2D eigenvalue weighted by Gasteiger charge is 2.25. The number of hydrogen-bond acceptors (Lipinski definition) is 4. The number of benzene rings is 3. The van der Waals surface area contributed by atoms with Crippen molar-refractivity contribution in [1.82, 2.24) is 14.9 Å². The number of aromatic nitrogens is 2. The van der Waals surface area contributed by atoms with Crippen LogP contribution in [0.3, 0.4) is 0 Å². The average Bonchev–Trinajstić information content (AvgIpc) is 2.92. The molecule has 0 atom stereocenters. The minimum absolute atomic E-state index is 0.0781. The van der Waals surface area contributed by atoms with Gasteiger partial charge in [0.2, 0.25) is 0 Å². The zero-order chi connectivity index (χ0) is 25.8. The number of anilines is 2. The zero-order valence-electron chi connectivity index (χ0n) is 21.1. The molecule has 188 valence electrons. The first-order valence-electron chi connectivity index (χ1n) is 12.5. The average molecular weight is 557 g/mol. The van der Waals surface area contributed by atoms with Crippen molar-refractivity contribution in [3.63, 3.8) is 0 Å². The highest BCUT2D eigenvalue weighted by molar-refractivity contribution is 9.10. The first-order chi connectivity index (χ1) is 18.0. The largest absolute Gasteiger partial charge is 0.353 e. The molecule has 2 amide bonds. The third-order valence-corrected chi connectivity index (χ3v) is 7.22. The van der Waals surface area contributed by atoms with E-state index in [-0.39, 0.29) is 6.03 Å². The van der Waals surface area contributed by atoms with Crippen LogP contribution in [0.15, 0.2) is 83.3 Å². The van der Waals surface area contributed by atoms with E-state index in [1.165, 1.54) is 11.1 Å². The molecule has 0 aliphatic carbocycles. The molecule has 3 aromatic carbocycles. The second kappa shape index (κ2) is 11.1. The van der Waals surface area contributed by atoms with Gasteiger partial charge >= 0.3 is 6.03 Å². The van der Waals surface area contributed by atoms with Gasteiger partial charge in [-0.1, -0.05) is 76.1 Å². The quantitative estimate of drug-likeness (QED) is 0.306. The maximum Gasteiger partial charge on any atom is 0.321 e. The van der Waals surface area contributed by atoms with E-state index in [2.05, 4.69) is 88.5 Å². The number of piperazine rings is 1. The Hall–Kier alpha value is -3.71. The molecule has 2 heterocycles. The Morgan fingerprint density at radius 3 is 2.22 bits per heavy atom. The van der Waals surface area contributed by atoms with Crippen LogP contribution in [0.2, 0.25) is 0 Å². The minimum Gasteiger partial charge on any atom is -0.353 e. The van der Waals surface area contributed by atoms with Gasteiger partial charge in [-0.2, -0.15) is 0 Å². The van der Waals surface area contributed by atoms with E-state index in [1.807, 2.05) is 35.2 Å². The predicted octanol–water partition coefficient (Wildman–Crippen LogP) is 6.47. The zero-order valence-corrected chi connectivity index (χ0v) is 22.7. The van der Waals surface area contributed by atoms with Crippen molar-refractivity contribution in [3.05, 3.63) is 106 Å². The Balaban J connectivity index is 1.38. The molecule has 1 fully saturated rings. The van der Waals surface area contributed by atoms with Crippen molar-refractivity contribution in [2.75, 3.05) is 36.4 Å². The number of urea groups is 1. The van der Waals surface area contributed by atoms with E-state index in [9.17, 15) is 4.79 Å². The van der Waals surface area contributed by atoms with Crippen molar-refractivity contribution in [2.45, 2.75) is 20.3 Å². The molecule has 1 saturated heterocycles. The molecule has 0 spiro atoms. The van der Waals surface area contributed by atoms with E-state index in [4.69, 9.17) is 9.97 Å².